The maximum absolute atomic E-state index is 4.56. The van der Waals surface area contributed by atoms with Gasteiger partial charge < -0.3 is 5.32 Å². The number of nitrogens with one attached hydrogen (secondary N) is 1. The number of hydrogen-bond donors (Lipinski definition) is 1. The van der Waals surface area contributed by atoms with E-state index in [0.29, 0.717) is 0 Å². The van der Waals surface area contributed by atoms with E-state index >= 15 is 0 Å². The quantitative estimate of drug-likeness (QED) is 0.894. The molecule has 1 aromatic rings. The topological polar surface area (TPSA) is 37.8 Å². The summed E-state index contributed by atoms with van der Waals surface area (Å²) in [5, 5.41) is 5.16. The van der Waals surface area contributed by atoms with Gasteiger partial charge in [-0.1, -0.05) is 19.3 Å². The largest absolute Gasteiger partial charge is 0.356 e. The van der Waals surface area contributed by atoms with Gasteiger partial charge in [0.25, 0.3) is 0 Å². The molecule has 0 aromatic carbocycles. The molecule has 1 aromatic heterocycles. The molecule has 102 valence electrons. The molecule has 0 aliphatic heterocycles. The Hall–Kier alpha value is -0.290. The van der Waals surface area contributed by atoms with Crippen LogP contribution in [0, 0.1) is 0 Å². The Balaban J connectivity index is 1.79. The molecule has 18 heavy (non-hydrogen) atoms. The molecular weight excluding hydrogens is 262 g/mol. The lowest BCUT2D eigenvalue weighted by molar-refractivity contribution is 0.516. The molecule has 1 N–H and O–H groups in total. The first-order valence-electron chi connectivity index (χ1n) is 6.75. The Labute approximate surface area is 118 Å². The van der Waals surface area contributed by atoms with Gasteiger partial charge in [0.15, 0.2) is 5.82 Å². The third-order valence-electron chi connectivity index (χ3n) is 2.95. The Morgan fingerprint density at radius 3 is 2.67 bits per heavy atom. The Morgan fingerprint density at radius 1 is 1.28 bits per heavy atom. The summed E-state index contributed by atoms with van der Waals surface area (Å²) in [5.74, 6) is 1.95. The van der Waals surface area contributed by atoms with Gasteiger partial charge in [-0.2, -0.15) is 16.1 Å². The summed E-state index contributed by atoms with van der Waals surface area (Å²) in [4.78, 5) is 4.56. The van der Waals surface area contributed by atoms with E-state index in [4.69, 9.17) is 0 Å². The van der Waals surface area contributed by atoms with Crippen LogP contribution >= 0.6 is 23.3 Å². The van der Waals surface area contributed by atoms with Crippen molar-refractivity contribution in [3.05, 3.63) is 5.82 Å². The van der Waals surface area contributed by atoms with Gasteiger partial charge in [-0.05, 0) is 33.6 Å². The predicted octanol–water partition coefficient (Wildman–Crippen LogP) is 4.31. The molecule has 3 nitrogen and oxygen atoms in total. The first-order valence-corrected chi connectivity index (χ1v) is 8.57. The van der Waals surface area contributed by atoms with E-state index in [2.05, 4.69) is 35.4 Å². The first-order chi connectivity index (χ1) is 8.53. The summed E-state index contributed by atoms with van der Waals surface area (Å²) in [5.41, 5.74) is 0.0628. The molecule has 0 unspecified atom stereocenters. The highest BCUT2D eigenvalue weighted by Gasteiger charge is 2.16. The average molecular weight is 285 g/mol. The highest BCUT2D eigenvalue weighted by molar-refractivity contribution is 7.99. The van der Waals surface area contributed by atoms with Crippen LogP contribution in [-0.2, 0) is 5.75 Å². The van der Waals surface area contributed by atoms with Gasteiger partial charge in [-0.3, -0.25) is 0 Å². The molecule has 1 aliphatic carbocycles. The van der Waals surface area contributed by atoms with Crippen molar-refractivity contribution in [1.82, 2.24) is 9.36 Å². The van der Waals surface area contributed by atoms with Crippen LogP contribution in [0.15, 0.2) is 0 Å². The summed E-state index contributed by atoms with van der Waals surface area (Å²) in [7, 11) is 0. The fourth-order valence-electron chi connectivity index (χ4n) is 2.11. The molecule has 0 atom stereocenters. The van der Waals surface area contributed by atoms with E-state index in [9.17, 15) is 0 Å². The molecule has 0 radical (unpaired) electrons. The number of aromatic nitrogens is 2. The number of hydrogen-bond acceptors (Lipinski definition) is 5. The predicted molar refractivity (Wildman–Crippen MR) is 81.5 cm³/mol. The fraction of sp³-hybridized carbons (Fsp3) is 0.846. The van der Waals surface area contributed by atoms with E-state index in [1.54, 1.807) is 0 Å². The third kappa shape index (κ3) is 4.76. The first kappa shape index (κ1) is 14.1. The van der Waals surface area contributed by atoms with E-state index < -0.39 is 0 Å². The van der Waals surface area contributed by atoms with Crippen molar-refractivity contribution in [1.29, 1.82) is 0 Å². The van der Waals surface area contributed by atoms with E-state index in [1.807, 2.05) is 11.8 Å². The summed E-state index contributed by atoms with van der Waals surface area (Å²) in [6.45, 7) is 6.43. The Kier molecular flexibility index (Phi) is 4.90. The molecule has 2 rings (SSSR count). The molecule has 0 spiro atoms. The molecule has 1 aliphatic rings. The van der Waals surface area contributed by atoms with Crippen molar-refractivity contribution in [3.8, 4) is 0 Å². The van der Waals surface area contributed by atoms with Crippen molar-refractivity contribution >= 4 is 28.4 Å². The molecule has 1 saturated carbocycles. The monoisotopic (exact) mass is 285 g/mol. The van der Waals surface area contributed by atoms with Crippen molar-refractivity contribution in [2.24, 2.45) is 0 Å². The molecule has 5 heteroatoms. The lowest BCUT2D eigenvalue weighted by Crippen LogP contribution is -2.25. The van der Waals surface area contributed by atoms with Gasteiger partial charge in [-0.25, -0.2) is 4.98 Å². The summed E-state index contributed by atoms with van der Waals surface area (Å²) >= 11 is 3.51. The molecule has 0 bridgehead atoms. The summed E-state index contributed by atoms with van der Waals surface area (Å²) in [6, 6.07) is 0. The van der Waals surface area contributed by atoms with E-state index in [-0.39, 0.29) is 5.54 Å². The van der Waals surface area contributed by atoms with E-state index in [0.717, 1.165) is 22.0 Å². The second-order valence-electron chi connectivity index (χ2n) is 5.96. The SMILES string of the molecule is CC(C)(C)Nc1nc(CSC2CCCCC2)ns1. The zero-order valence-corrected chi connectivity index (χ0v) is 13.2. The standard InChI is InChI=1S/C13H23N3S2/c1-13(2,3)15-12-14-11(16-18-12)9-17-10-7-5-4-6-8-10/h10H,4-9H2,1-3H3,(H,14,15,16). The van der Waals surface area contributed by atoms with E-state index in [1.165, 1.54) is 43.6 Å². The highest BCUT2D eigenvalue weighted by atomic mass is 32.2. The third-order valence-corrected chi connectivity index (χ3v) is 4.99. The smallest absolute Gasteiger partial charge is 0.203 e. The Morgan fingerprint density at radius 2 is 2.00 bits per heavy atom. The maximum Gasteiger partial charge on any atom is 0.203 e. The summed E-state index contributed by atoms with van der Waals surface area (Å²) in [6.07, 6.45) is 6.98. The van der Waals surface area contributed by atoms with Crippen LogP contribution in [0.1, 0.15) is 58.7 Å². The minimum absolute atomic E-state index is 0.0628. The molecule has 1 heterocycles. The zero-order chi connectivity index (χ0) is 13.0. The van der Waals surface area contributed by atoms with Crippen LogP contribution in [0.25, 0.3) is 0 Å². The lowest BCUT2D eigenvalue weighted by atomic mass is 10.0. The van der Waals surface area contributed by atoms with Crippen molar-refractivity contribution in [2.75, 3.05) is 5.32 Å². The number of anilines is 1. The van der Waals surface area contributed by atoms with Gasteiger partial charge in [0.1, 0.15) is 0 Å². The molecular formula is C13H23N3S2. The fourth-order valence-corrected chi connectivity index (χ4v) is 4.17. The van der Waals surface area contributed by atoms with Gasteiger partial charge >= 0.3 is 0 Å². The second kappa shape index (κ2) is 6.24. The van der Waals surface area contributed by atoms with Crippen molar-refractivity contribution in [2.45, 2.75) is 69.4 Å². The zero-order valence-electron chi connectivity index (χ0n) is 11.5. The van der Waals surface area contributed by atoms with Crippen LogP contribution in [0.3, 0.4) is 0 Å². The number of rotatable bonds is 4. The van der Waals surface area contributed by atoms with Crippen molar-refractivity contribution in [3.63, 3.8) is 0 Å². The Bertz CT molecular complexity index is 365. The number of thioether (sulfide) groups is 1. The average Bonchev–Trinajstić information content (AvgIpc) is 2.73. The van der Waals surface area contributed by atoms with Gasteiger partial charge in [0.2, 0.25) is 5.13 Å². The second-order valence-corrected chi connectivity index (χ2v) is 8.00. The van der Waals surface area contributed by atoms with Crippen LogP contribution < -0.4 is 5.32 Å². The number of nitrogens with zero attached hydrogens (tertiary/aromatic N) is 2. The van der Waals surface area contributed by atoms with Gasteiger partial charge in [-0.15, -0.1) is 0 Å². The van der Waals surface area contributed by atoms with Crippen LogP contribution in [0.4, 0.5) is 5.13 Å². The highest BCUT2D eigenvalue weighted by Crippen LogP contribution is 2.30. The van der Waals surface area contributed by atoms with Crippen molar-refractivity contribution < 1.29 is 0 Å². The normalized spacial score (nSPS) is 17.9. The van der Waals surface area contributed by atoms with Crippen LogP contribution in [0.5, 0.6) is 0 Å². The molecule has 1 fully saturated rings. The van der Waals surface area contributed by atoms with Crippen LogP contribution in [-0.4, -0.2) is 20.1 Å². The molecule has 0 amide bonds. The lowest BCUT2D eigenvalue weighted by Gasteiger charge is -2.20. The minimum atomic E-state index is 0.0628. The minimum Gasteiger partial charge on any atom is -0.356 e. The van der Waals surface area contributed by atoms with Gasteiger partial charge in [0.05, 0.1) is 5.75 Å². The van der Waals surface area contributed by atoms with Crippen LogP contribution in [0.2, 0.25) is 0 Å². The summed E-state index contributed by atoms with van der Waals surface area (Å²) < 4.78 is 4.43. The molecule has 0 saturated heterocycles. The maximum atomic E-state index is 4.56. The van der Waals surface area contributed by atoms with Gasteiger partial charge in [0, 0.05) is 22.3 Å².